The molecule has 0 radical (unpaired) electrons. The number of rotatable bonds is 3. The zero-order valence-corrected chi connectivity index (χ0v) is 8.03. The molecular weight excluding hydrogens is 176 g/mol. The molecule has 0 saturated carbocycles. The van der Waals surface area contributed by atoms with E-state index in [9.17, 15) is 0 Å². The molecule has 0 aromatic carbocycles. The SMILES string of the molecule is Cc1ccc(CNc2cccnc2)o1. The van der Waals surface area contributed by atoms with E-state index in [1.807, 2.05) is 31.2 Å². The van der Waals surface area contributed by atoms with Crippen molar-refractivity contribution in [1.82, 2.24) is 4.98 Å². The third-order valence-corrected chi connectivity index (χ3v) is 1.92. The van der Waals surface area contributed by atoms with E-state index in [2.05, 4.69) is 10.3 Å². The Balaban J connectivity index is 1.95. The number of nitrogens with one attached hydrogen (secondary N) is 1. The highest BCUT2D eigenvalue weighted by molar-refractivity contribution is 5.39. The minimum Gasteiger partial charge on any atom is -0.465 e. The van der Waals surface area contributed by atoms with E-state index in [1.165, 1.54) is 0 Å². The molecule has 2 aromatic rings. The molecule has 2 rings (SSSR count). The van der Waals surface area contributed by atoms with Gasteiger partial charge in [-0.3, -0.25) is 4.98 Å². The maximum atomic E-state index is 5.42. The highest BCUT2D eigenvalue weighted by Gasteiger charge is 1.97. The first-order chi connectivity index (χ1) is 6.84. The minimum absolute atomic E-state index is 0.694. The zero-order valence-electron chi connectivity index (χ0n) is 8.03. The molecule has 1 N–H and O–H groups in total. The van der Waals surface area contributed by atoms with Crippen molar-refractivity contribution in [2.75, 3.05) is 5.32 Å². The molecule has 0 aliphatic carbocycles. The molecule has 2 heterocycles. The van der Waals surface area contributed by atoms with Crippen molar-refractivity contribution >= 4 is 5.69 Å². The Morgan fingerprint density at radius 3 is 2.93 bits per heavy atom. The number of hydrogen-bond acceptors (Lipinski definition) is 3. The van der Waals surface area contributed by atoms with Crippen molar-refractivity contribution < 1.29 is 4.42 Å². The number of hydrogen-bond donors (Lipinski definition) is 1. The van der Waals surface area contributed by atoms with E-state index in [-0.39, 0.29) is 0 Å². The monoisotopic (exact) mass is 188 g/mol. The van der Waals surface area contributed by atoms with Crippen molar-refractivity contribution in [2.45, 2.75) is 13.5 Å². The lowest BCUT2D eigenvalue weighted by Crippen LogP contribution is -1.97. The van der Waals surface area contributed by atoms with Crippen molar-refractivity contribution in [3.63, 3.8) is 0 Å². The summed E-state index contributed by atoms with van der Waals surface area (Å²) in [4.78, 5) is 4.01. The molecule has 72 valence electrons. The van der Waals surface area contributed by atoms with Gasteiger partial charge in [0.1, 0.15) is 11.5 Å². The number of furan rings is 1. The van der Waals surface area contributed by atoms with Crippen LogP contribution in [0.2, 0.25) is 0 Å². The third kappa shape index (κ3) is 2.13. The summed E-state index contributed by atoms with van der Waals surface area (Å²) in [5, 5.41) is 3.22. The van der Waals surface area contributed by atoms with Crippen LogP contribution in [0.4, 0.5) is 5.69 Å². The summed E-state index contributed by atoms with van der Waals surface area (Å²) in [5.74, 6) is 1.87. The first-order valence-electron chi connectivity index (χ1n) is 4.54. The highest BCUT2D eigenvalue weighted by Crippen LogP contribution is 2.09. The Morgan fingerprint density at radius 2 is 2.29 bits per heavy atom. The van der Waals surface area contributed by atoms with Gasteiger partial charge in [0.2, 0.25) is 0 Å². The third-order valence-electron chi connectivity index (χ3n) is 1.92. The van der Waals surface area contributed by atoms with Gasteiger partial charge in [-0.05, 0) is 31.2 Å². The Kier molecular flexibility index (Phi) is 2.49. The number of pyridine rings is 1. The van der Waals surface area contributed by atoms with Crippen LogP contribution in [0.1, 0.15) is 11.5 Å². The topological polar surface area (TPSA) is 38.1 Å². The van der Waals surface area contributed by atoms with Crippen molar-refractivity contribution in [1.29, 1.82) is 0 Å². The molecule has 0 unspecified atom stereocenters. The average Bonchev–Trinajstić information content (AvgIpc) is 2.63. The summed E-state index contributed by atoms with van der Waals surface area (Å²) >= 11 is 0. The van der Waals surface area contributed by atoms with Crippen LogP contribution in [-0.2, 0) is 6.54 Å². The van der Waals surface area contributed by atoms with Gasteiger partial charge in [0.25, 0.3) is 0 Å². The Morgan fingerprint density at radius 1 is 1.36 bits per heavy atom. The molecule has 3 nitrogen and oxygen atoms in total. The predicted octanol–water partition coefficient (Wildman–Crippen LogP) is 2.60. The van der Waals surface area contributed by atoms with Crippen LogP contribution in [0.25, 0.3) is 0 Å². The number of nitrogens with zero attached hydrogens (tertiary/aromatic N) is 1. The average molecular weight is 188 g/mol. The highest BCUT2D eigenvalue weighted by atomic mass is 16.3. The van der Waals surface area contributed by atoms with E-state index in [4.69, 9.17) is 4.42 Å². The fourth-order valence-corrected chi connectivity index (χ4v) is 1.24. The molecule has 0 amide bonds. The lowest BCUT2D eigenvalue weighted by atomic mass is 10.4. The lowest BCUT2D eigenvalue weighted by Gasteiger charge is -2.02. The summed E-state index contributed by atoms with van der Waals surface area (Å²) in [5.41, 5.74) is 1.00. The summed E-state index contributed by atoms with van der Waals surface area (Å²) in [6.45, 7) is 2.63. The largest absolute Gasteiger partial charge is 0.465 e. The molecule has 14 heavy (non-hydrogen) atoms. The van der Waals surface area contributed by atoms with Gasteiger partial charge in [-0.25, -0.2) is 0 Å². The van der Waals surface area contributed by atoms with E-state index in [1.54, 1.807) is 12.4 Å². The Bertz CT molecular complexity index is 395. The number of aromatic nitrogens is 1. The second-order valence-electron chi connectivity index (χ2n) is 3.11. The van der Waals surface area contributed by atoms with Gasteiger partial charge in [0, 0.05) is 12.4 Å². The van der Waals surface area contributed by atoms with Gasteiger partial charge in [0.15, 0.2) is 0 Å². The van der Waals surface area contributed by atoms with Gasteiger partial charge < -0.3 is 9.73 Å². The minimum atomic E-state index is 0.694. The normalized spacial score (nSPS) is 10.1. The first-order valence-corrected chi connectivity index (χ1v) is 4.54. The van der Waals surface area contributed by atoms with E-state index < -0.39 is 0 Å². The fraction of sp³-hybridized carbons (Fsp3) is 0.182. The van der Waals surface area contributed by atoms with Crippen LogP contribution in [0.3, 0.4) is 0 Å². The van der Waals surface area contributed by atoms with Gasteiger partial charge in [-0.2, -0.15) is 0 Å². The zero-order chi connectivity index (χ0) is 9.80. The van der Waals surface area contributed by atoms with Crippen LogP contribution in [0.5, 0.6) is 0 Å². The molecule has 0 bridgehead atoms. The fourth-order valence-electron chi connectivity index (χ4n) is 1.24. The summed E-state index contributed by atoms with van der Waals surface area (Å²) in [6, 6.07) is 7.80. The van der Waals surface area contributed by atoms with Crippen molar-refractivity contribution in [3.05, 3.63) is 48.2 Å². The standard InChI is InChI=1S/C11H12N2O/c1-9-4-5-11(14-9)8-13-10-3-2-6-12-7-10/h2-7,13H,8H2,1H3. The Labute approximate surface area is 82.8 Å². The molecule has 2 aromatic heterocycles. The van der Waals surface area contributed by atoms with Gasteiger partial charge in [-0.15, -0.1) is 0 Å². The van der Waals surface area contributed by atoms with Crippen LogP contribution >= 0.6 is 0 Å². The second-order valence-corrected chi connectivity index (χ2v) is 3.11. The summed E-state index contributed by atoms with van der Waals surface area (Å²) in [6.07, 6.45) is 3.54. The molecule has 0 atom stereocenters. The van der Waals surface area contributed by atoms with Crippen LogP contribution in [-0.4, -0.2) is 4.98 Å². The molecular formula is C11H12N2O. The second kappa shape index (κ2) is 3.96. The quantitative estimate of drug-likeness (QED) is 0.804. The first kappa shape index (κ1) is 8.81. The molecule has 3 heteroatoms. The molecule has 0 spiro atoms. The summed E-state index contributed by atoms with van der Waals surface area (Å²) in [7, 11) is 0. The van der Waals surface area contributed by atoms with Crippen LogP contribution < -0.4 is 5.32 Å². The van der Waals surface area contributed by atoms with Gasteiger partial charge >= 0.3 is 0 Å². The van der Waals surface area contributed by atoms with E-state index in [0.717, 1.165) is 17.2 Å². The Hall–Kier alpha value is -1.77. The van der Waals surface area contributed by atoms with Gasteiger partial charge in [-0.1, -0.05) is 0 Å². The lowest BCUT2D eigenvalue weighted by molar-refractivity contribution is 0.490. The van der Waals surface area contributed by atoms with Crippen molar-refractivity contribution in [3.8, 4) is 0 Å². The van der Waals surface area contributed by atoms with E-state index in [0.29, 0.717) is 6.54 Å². The summed E-state index contributed by atoms with van der Waals surface area (Å²) < 4.78 is 5.42. The van der Waals surface area contributed by atoms with Crippen LogP contribution in [0.15, 0.2) is 41.1 Å². The van der Waals surface area contributed by atoms with Gasteiger partial charge in [0.05, 0.1) is 12.2 Å². The number of anilines is 1. The molecule has 0 fully saturated rings. The smallest absolute Gasteiger partial charge is 0.123 e. The maximum absolute atomic E-state index is 5.42. The maximum Gasteiger partial charge on any atom is 0.123 e. The molecule has 0 aliphatic heterocycles. The number of aryl methyl sites for hydroxylation is 1. The molecule has 0 aliphatic rings. The van der Waals surface area contributed by atoms with E-state index >= 15 is 0 Å². The van der Waals surface area contributed by atoms with Crippen LogP contribution in [0, 0.1) is 6.92 Å². The predicted molar refractivity (Wildman–Crippen MR) is 55.0 cm³/mol. The molecule has 0 saturated heterocycles. The van der Waals surface area contributed by atoms with Crippen molar-refractivity contribution in [2.24, 2.45) is 0 Å².